The molecule has 3 unspecified atom stereocenters. The lowest BCUT2D eigenvalue weighted by molar-refractivity contribution is -0.105. The first-order chi connectivity index (χ1) is 14.4. The maximum Gasteiger partial charge on any atom is 0.145 e. The molecule has 4 heteroatoms. The lowest BCUT2D eigenvalue weighted by Gasteiger charge is -2.57. The fourth-order valence-corrected chi connectivity index (χ4v) is 8.05. The quantitative estimate of drug-likeness (QED) is 0.481. The van der Waals surface area contributed by atoms with E-state index in [1.165, 1.54) is 38.5 Å². The Hall–Kier alpha value is -1.81. The largest absolute Gasteiger partial charge is 0.508 e. The predicted octanol–water partition coefficient (Wildman–Crippen LogP) is 4.81. The maximum absolute atomic E-state index is 11.4. The zero-order chi connectivity index (χ0) is 21.0. The minimum Gasteiger partial charge on any atom is -0.508 e. The Morgan fingerprint density at radius 3 is 2.07 bits per heavy atom. The number of aliphatic hydroxyl groups excluding tert-OH is 1. The van der Waals surface area contributed by atoms with Gasteiger partial charge in [0.2, 0.25) is 0 Å². The smallest absolute Gasteiger partial charge is 0.145 e. The Bertz CT molecular complexity index is 798. The first-order valence-corrected chi connectivity index (χ1v) is 11.7. The summed E-state index contributed by atoms with van der Waals surface area (Å²) in [6.45, 7) is 4.02. The number of hydrogen-bond acceptors (Lipinski definition) is 4. The number of carbonyl (C=O) groups excluding carboxylic acids is 1. The molecule has 0 aromatic heterocycles. The minimum atomic E-state index is -0.195. The van der Waals surface area contributed by atoms with Crippen LogP contribution in [0.4, 0.5) is 0 Å². The standard InChI is InChI=1S/C26H34O4/c1-15(13-27)21-3-2-16(14-28)7-22(21)25-23(29)8-20(9-24(25)30)26-10-17-4-18(11-26)6-19(5-17)12-26/h8-9,13,16-19,21-22,28-30H,1-7,10-12,14H2. The number of benzene rings is 1. The van der Waals surface area contributed by atoms with Crippen molar-refractivity contribution < 1.29 is 20.1 Å². The van der Waals surface area contributed by atoms with Crippen LogP contribution < -0.4 is 0 Å². The molecule has 3 atom stereocenters. The van der Waals surface area contributed by atoms with Crippen LogP contribution in [0.15, 0.2) is 24.3 Å². The second kappa shape index (κ2) is 7.40. The Morgan fingerprint density at radius 2 is 1.57 bits per heavy atom. The number of aldehydes is 1. The van der Waals surface area contributed by atoms with Gasteiger partial charge in [-0.1, -0.05) is 6.58 Å². The normalized spacial score (nSPS) is 39.8. The number of hydrogen-bond donors (Lipinski definition) is 3. The van der Waals surface area contributed by atoms with Crippen LogP contribution in [0.3, 0.4) is 0 Å². The molecule has 0 heterocycles. The van der Waals surface area contributed by atoms with Gasteiger partial charge < -0.3 is 15.3 Å². The third kappa shape index (κ3) is 3.19. The predicted molar refractivity (Wildman–Crippen MR) is 115 cm³/mol. The van der Waals surface area contributed by atoms with Gasteiger partial charge in [-0.2, -0.15) is 0 Å². The SMILES string of the molecule is C=C(C=O)C1CCC(CO)CC1c1c(O)cc(C23CC4CC(CC(C4)C2)C3)cc1O. The molecule has 5 aliphatic rings. The van der Waals surface area contributed by atoms with Gasteiger partial charge in [0.05, 0.1) is 0 Å². The van der Waals surface area contributed by atoms with Crippen molar-refractivity contribution in [2.75, 3.05) is 6.61 Å². The van der Waals surface area contributed by atoms with Gasteiger partial charge in [0.15, 0.2) is 0 Å². The summed E-state index contributed by atoms with van der Waals surface area (Å²) in [7, 11) is 0. The molecular formula is C26H34O4. The molecule has 5 aliphatic carbocycles. The zero-order valence-corrected chi connectivity index (χ0v) is 17.7. The summed E-state index contributed by atoms with van der Waals surface area (Å²) in [5.41, 5.74) is 2.25. The summed E-state index contributed by atoms with van der Waals surface area (Å²) in [4.78, 5) is 11.4. The van der Waals surface area contributed by atoms with Crippen molar-refractivity contribution in [2.24, 2.45) is 29.6 Å². The van der Waals surface area contributed by atoms with Crippen LogP contribution >= 0.6 is 0 Å². The monoisotopic (exact) mass is 410 g/mol. The Labute approximate surface area is 179 Å². The summed E-state index contributed by atoms with van der Waals surface area (Å²) >= 11 is 0. The van der Waals surface area contributed by atoms with Crippen molar-refractivity contribution in [3.63, 3.8) is 0 Å². The van der Waals surface area contributed by atoms with Gasteiger partial charge in [0.25, 0.3) is 0 Å². The molecule has 4 bridgehead atoms. The average molecular weight is 411 g/mol. The zero-order valence-electron chi connectivity index (χ0n) is 17.7. The highest BCUT2D eigenvalue weighted by Gasteiger charge is 2.52. The topological polar surface area (TPSA) is 77.8 Å². The third-order valence-electron chi connectivity index (χ3n) is 9.00. The molecule has 5 saturated carbocycles. The van der Waals surface area contributed by atoms with E-state index >= 15 is 0 Å². The fraction of sp³-hybridized carbons (Fsp3) is 0.654. The molecule has 0 spiro atoms. The van der Waals surface area contributed by atoms with E-state index < -0.39 is 0 Å². The molecule has 3 N–H and O–H groups in total. The van der Waals surface area contributed by atoms with E-state index in [-0.39, 0.29) is 41.3 Å². The Kier molecular flexibility index (Phi) is 4.96. The average Bonchev–Trinajstić information content (AvgIpc) is 2.71. The highest BCUT2D eigenvalue weighted by molar-refractivity contribution is 5.73. The number of phenolic OH excluding ortho intramolecular Hbond substituents is 2. The molecule has 1 aromatic carbocycles. The number of carbonyl (C=O) groups is 1. The van der Waals surface area contributed by atoms with Crippen LogP contribution in [0.25, 0.3) is 0 Å². The summed E-state index contributed by atoms with van der Waals surface area (Å²) < 4.78 is 0. The Morgan fingerprint density at radius 1 is 1.00 bits per heavy atom. The number of aromatic hydroxyl groups is 2. The van der Waals surface area contributed by atoms with Gasteiger partial charge >= 0.3 is 0 Å². The molecule has 0 amide bonds. The number of allylic oxidation sites excluding steroid dienone is 1. The molecule has 4 nitrogen and oxygen atoms in total. The number of rotatable bonds is 5. The van der Waals surface area contributed by atoms with Gasteiger partial charge in [0.1, 0.15) is 17.8 Å². The van der Waals surface area contributed by atoms with E-state index in [4.69, 9.17) is 0 Å². The number of phenols is 2. The molecule has 5 fully saturated rings. The van der Waals surface area contributed by atoms with Gasteiger partial charge in [-0.05, 0) is 122 Å². The summed E-state index contributed by atoms with van der Waals surface area (Å²) in [6.07, 6.45) is 10.6. The van der Waals surface area contributed by atoms with E-state index in [0.717, 1.165) is 42.4 Å². The van der Waals surface area contributed by atoms with Crippen molar-refractivity contribution in [1.82, 2.24) is 0 Å². The van der Waals surface area contributed by atoms with E-state index in [1.54, 1.807) is 0 Å². The van der Waals surface area contributed by atoms with E-state index in [9.17, 15) is 20.1 Å². The van der Waals surface area contributed by atoms with Gasteiger partial charge in [-0.25, -0.2) is 0 Å². The van der Waals surface area contributed by atoms with Crippen LogP contribution in [0.1, 0.15) is 74.8 Å². The lowest BCUT2D eigenvalue weighted by Crippen LogP contribution is -2.48. The van der Waals surface area contributed by atoms with Crippen LogP contribution in [0, 0.1) is 29.6 Å². The number of aliphatic hydroxyl groups is 1. The summed E-state index contributed by atoms with van der Waals surface area (Å²) in [5, 5.41) is 31.9. The minimum absolute atomic E-state index is 0.0870. The highest BCUT2D eigenvalue weighted by atomic mass is 16.3. The van der Waals surface area contributed by atoms with Crippen molar-refractivity contribution in [1.29, 1.82) is 0 Å². The van der Waals surface area contributed by atoms with E-state index in [1.807, 2.05) is 12.1 Å². The van der Waals surface area contributed by atoms with Crippen molar-refractivity contribution in [3.05, 3.63) is 35.4 Å². The maximum atomic E-state index is 11.4. The molecule has 0 saturated heterocycles. The second-order valence-corrected chi connectivity index (χ2v) is 10.9. The van der Waals surface area contributed by atoms with Crippen molar-refractivity contribution in [3.8, 4) is 11.5 Å². The van der Waals surface area contributed by atoms with E-state index in [2.05, 4.69) is 6.58 Å². The molecule has 162 valence electrons. The molecule has 6 rings (SSSR count). The lowest BCUT2D eigenvalue weighted by atomic mass is 9.48. The van der Waals surface area contributed by atoms with Crippen LogP contribution in [-0.4, -0.2) is 28.2 Å². The first kappa shape index (κ1) is 20.1. The van der Waals surface area contributed by atoms with Gasteiger partial charge in [-0.3, -0.25) is 4.79 Å². The summed E-state index contributed by atoms with van der Waals surface area (Å²) in [6, 6.07) is 3.82. The first-order valence-electron chi connectivity index (χ1n) is 11.7. The van der Waals surface area contributed by atoms with Gasteiger partial charge in [-0.15, -0.1) is 0 Å². The molecule has 30 heavy (non-hydrogen) atoms. The van der Waals surface area contributed by atoms with Crippen LogP contribution in [0.5, 0.6) is 11.5 Å². The second-order valence-electron chi connectivity index (χ2n) is 10.9. The highest BCUT2D eigenvalue weighted by Crippen LogP contribution is 2.61. The van der Waals surface area contributed by atoms with Crippen LogP contribution in [-0.2, 0) is 10.2 Å². The third-order valence-corrected chi connectivity index (χ3v) is 9.00. The molecule has 0 radical (unpaired) electrons. The fourth-order valence-electron chi connectivity index (χ4n) is 8.05. The van der Waals surface area contributed by atoms with Crippen molar-refractivity contribution >= 4 is 6.29 Å². The molecule has 0 aliphatic heterocycles. The van der Waals surface area contributed by atoms with Gasteiger partial charge in [0, 0.05) is 12.2 Å². The Balaban J connectivity index is 1.51. The van der Waals surface area contributed by atoms with E-state index in [0.29, 0.717) is 17.6 Å². The van der Waals surface area contributed by atoms with Crippen LogP contribution in [0.2, 0.25) is 0 Å². The molecular weight excluding hydrogens is 376 g/mol. The van der Waals surface area contributed by atoms with Crippen molar-refractivity contribution in [2.45, 2.75) is 69.1 Å². The summed E-state index contributed by atoms with van der Waals surface area (Å²) in [5.74, 6) is 2.50. The molecule has 1 aromatic rings.